The summed E-state index contributed by atoms with van der Waals surface area (Å²) < 4.78 is 0. The summed E-state index contributed by atoms with van der Waals surface area (Å²) in [6.07, 6.45) is 9.47. The van der Waals surface area contributed by atoms with Gasteiger partial charge in [-0.15, -0.1) is 12.4 Å². The lowest BCUT2D eigenvalue weighted by atomic mass is 9.83. The molecule has 124 valence electrons. The van der Waals surface area contributed by atoms with E-state index in [2.05, 4.69) is 24.5 Å². The molecule has 4 heteroatoms. The maximum Gasteiger partial charge on any atom is 0.220 e. The van der Waals surface area contributed by atoms with Gasteiger partial charge in [0.25, 0.3) is 0 Å². The van der Waals surface area contributed by atoms with E-state index in [9.17, 15) is 4.79 Å². The zero-order chi connectivity index (χ0) is 14.4. The highest BCUT2D eigenvalue weighted by Crippen LogP contribution is 2.27. The standard InChI is InChI=1S/C17H32N2O.ClH/c1-3-14-5-4-6-16(12-14)19-17(20)11-13(2)15-7-9-18-10-8-15;/h13-16,18H,3-12H2,1-2H3,(H,19,20);1H. The Kier molecular flexibility index (Phi) is 8.65. The number of rotatable bonds is 5. The molecule has 3 unspecified atom stereocenters. The van der Waals surface area contributed by atoms with Crippen molar-refractivity contribution in [2.24, 2.45) is 17.8 Å². The van der Waals surface area contributed by atoms with Crippen LogP contribution in [0.5, 0.6) is 0 Å². The molecule has 3 nitrogen and oxygen atoms in total. The van der Waals surface area contributed by atoms with E-state index in [0.29, 0.717) is 12.0 Å². The fourth-order valence-electron chi connectivity index (χ4n) is 3.95. The second kappa shape index (κ2) is 9.68. The predicted molar refractivity (Wildman–Crippen MR) is 90.8 cm³/mol. The van der Waals surface area contributed by atoms with Crippen LogP contribution in [-0.4, -0.2) is 25.0 Å². The Labute approximate surface area is 136 Å². The molecule has 3 atom stereocenters. The molecule has 1 aliphatic carbocycles. The zero-order valence-corrected chi connectivity index (χ0v) is 14.5. The third-order valence-electron chi connectivity index (χ3n) is 5.42. The normalized spacial score (nSPS) is 28.5. The largest absolute Gasteiger partial charge is 0.353 e. The maximum atomic E-state index is 12.2. The van der Waals surface area contributed by atoms with Gasteiger partial charge >= 0.3 is 0 Å². The Hall–Kier alpha value is -0.280. The highest BCUT2D eigenvalue weighted by Gasteiger charge is 2.25. The second-order valence-corrected chi connectivity index (χ2v) is 6.97. The quantitative estimate of drug-likeness (QED) is 0.815. The lowest BCUT2D eigenvalue weighted by Crippen LogP contribution is -2.40. The van der Waals surface area contributed by atoms with Crippen LogP contribution >= 0.6 is 12.4 Å². The van der Waals surface area contributed by atoms with Crippen molar-refractivity contribution in [1.82, 2.24) is 10.6 Å². The van der Waals surface area contributed by atoms with Crippen LogP contribution in [0.4, 0.5) is 0 Å². The van der Waals surface area contributed by atoms with Crippen molar-refractivity contribution in [2.75, 3.05) is 13.1 Å². The Balaban J connectivity index is 0.00000220. The molecule has 0 aromatic rings. The van der Waals surface area contributed by atoms with Gasteiger partial charge in [0, 0.05) is 12.5 Å². The first kappa shape index (κ1) is 18.8. The van der Waals surface area contributed by atoms with Crippen molar-refractivity contribution in [3.8, 4) is 0 Å². The topological polar surface area (TPSA) is 41.1 Å². The van der Waals surface area contributed by atoms with Crippen LogP contribution in [0, 0.1) is 17.8 Å². The van der Waals surface area contributed by atoms with Crippen molar-refractivity contribution in [2.45, 2.75) is 71.3 Å². The fraction of sp³-hybridized carbons (Fsp3) is 0.941. The molecule has 2 fully saturated rings. The number of amides is 1. The van der Waals surface area contributed by atoms with Crippen molar-refractivity contribution < 1.29 is 4.79 Å². The lowest BCUT2D eigenvalue weighted by molar-refractivity contribution is -0.123. The molecule has 2 rings (SSSR count). The van der Waals surface area contributed by atoms with Gasteiger partial charge < -0.3 is 10.6 Å². The van der Waals surface area contributed by atoms with E-state index in [0.717, 1.165) is 31.3 Å². The Morgan fingerprint density at radius 1 is 1.24 bits per heavy atom. The number of carbonyl (C=O) groups excluding carboxylic acids is 1. The molecular weight excluding hydrogens is 284 g/mol. The summed E-state index contributed by atoms with van der Waals surface area (Å²) in [7, 11) is 0. The molecule has 21 heavy (non-hydrogen) atoms. The predicted octanol–water partition coefficient (Wildman–Crippen LogP) is 3.52. The van der Waals surface area contributed by atoms with Gasteiger partial charge in [0.05, 0.1) is 0 Å². The van der Waals surface area contributed by atoms with Crippen molar-refractivity contribution in [1.29, 1.82) is 0 Å². The molecule has 0 radical (unpaired) electrons. The maximum absolute atomic E-state index is 12.2. The molecule has 0 aromatic carbocycles. The Bertz CT molecular complexity index is 299. The van der Waals surface area contributed by atoms with Crippen molar-refractivity contribution in [3.63, 3.8) is 0 Å². The van der Waals surface area contributed by atoms with Crippen molar-refractivity contribution in [3.05, 3.63) is 0 Å². The first-order chi connectivity index (χ1) is 9.69. The summed E-state index contributed by atoms with van der Waals surface area (Å²) in [4.78, 5) is 12.2. The van der Waals surface area contributed by atoms with Gasteiger partial charge in [0.2, 0.25) is 5.91 Å². The molecule has 0 bridgehead atoms. The van der Waals surface area contributed by atoms with E-state index in [1.54, 1.807) is 0 Å². The van der Waals surface area contributed by atoms with Gasteiger partial charge in [-0.05, 0) is 56.5 Å². The van der Waals surface area contributed by atoms with E-state index >= 15 is 0 Å². The number of hydrogen-bond donors (Lipinski definition) is 2. The van der Waals surface area contributed by atoms with Crippen LogP contribution < -0.4 is 10.6 Å². The molecule has 1 saturated carbocycles. The van der Waals surface area contributed by atoms with E-state index in [1.165, 1.54) is 44.9 Å². The number of piperidine rings is 1. The van der Waals surface area contributed by atoms with Gasteiger partial charge in [-0.2, -0.15) is 0 Å². The van der Waals surface area contributed by atoms with Crippen LogP contribution in [0.3, 0.4) is 0 Å². The Morgan fingerprint density at radius 2 is 1.95 bits per heavy atom. The van der Waals surface area contributed by atoms with Gasteiger partial charge in [-0.25, -0.2) is 0 Å². The van der Waals surface area contributed by atoms with E-state index in [1.807, 2.05) is 0 Å². The first-order valence-electron chi connectivity index (χ1n) is 8.69. The van der Waals surface area contributed by atoms with E-state index < -0.39 is 0 Å². The van der Waals surface area contributed by atoms with Gasteiger partial charge in [0.15, 0.2) is 0 Å². The Morgan fingerprint density at radius 3 is 2.62 bits per heavy atom. The summed E-state index contributed by atoms with van der Waals surface area (Å²) in [6, 6.07) is 0.446. The third-order valence-corrected chi connectivity index (χ3v) is 5.42. The van der Waals surface area contributed by atoms with Crippen LogP contribution in [-0.2, 0) is 4.79 Å². The smallest absolute Gasteiger partial charge is 0.220 e. The average Bonchev–Trinajstić information content (AvgIpc) is 2.48. The molecule has 2 aliphatic rings. The summed E-state index contributed by atoms with van der Waals surface area (Å²) in [5.41, 5.74) is 0. The zero-order valence-electron chi connectivity index (χ0n) is 13.7. The van der Waals surface area contributed by atoms with Crippen molar-refractivity contribution >= 4 is 18.3 Å². The van der Waals surface area contributed by atoms with Gasteiger partial charge in [0.1, 0.15) is 0 Å². The molecule has 1 amide bonds. The van der Waals surface area contributed by atoms with Crippen LogP contribution in [0.1, 0.15) is 65.2 Å². The summed E-state index contributed by atoms with van der Waals surface area (Å²) in [5.74, 6) is 2.38. The molecule has 1 aliphatic heterocycles. The minimum absolute atomic E-state index is 0. The summed E-state index contributed by atoms with van der Waals surface area (Å²) in [6.45, 7) is 6.77. The minimum atomic E-state index is 0. The average molecular weight is 317 g/mol. The highest BCUT2D eigenvalue weighted by atomic mass is 35.5. The molecule has 2 N–H and O–H groups in total. The molecule has 1 saturated heterocycles. The van der Waals surface area contributed by atoms with E-state index in [-0.39, 0.29) is 18.3 Å². The van der Waals surface area contributed by atoms with Crippen LogP contribution in [0.15, 0.2) is 0 Å². The second-order valence-electron chi connectivity index (χ2n) is 6.97. The first-order valence-corrected chi connectivity index (χ1v) is 8.69. The van der Waals surface area contributed by atoms with Crippen LogP contribution in [0.2, 0.25) is 0 Å². The molecule has 1 heterocycles. The molecule has 0 aromatic heterocycles. The van der Waals surface area contributed by atoms with Gasteiger partial charge in [-0.1, -0.05) is 33.1 Å². The SMILES string of the molecule is CCC1CCCC(NC(=O)CC(C)C2CCNCC2)C1.Cl. The number of nitrogens with one attached hydrogen (secondary N) is 2. The molecule has 0 spiro atoms. The monoisotopic (exact) mass is 316 g/mol. The van der Waals surface area contributed by atoms with E-state index in [4.69, 9.17) is 0 Å². The lowest BCUT2D eigenvalue weighted by Gasteiger charge is -2.31. The number of carbonyl (C=O) groups is 1. The summed E-state index contributed by atoms with van der Waals surface area (Å²) >= 11 is 0. The summed E-state index contributed by atoms with van der Waals surface area (Å²) in [5, 5.41) is 6.70. The minimum Gasteiger partial charge on any atom is -0.353 e. The fourth-order valence-corrected chi connectivity index (χ4v) is 3.95. The molecular formula is C17H33ClN2O. The highest BCUT2D eigenvalue weighted by molar-refractivity contribution is 5.85. The number of halogens is 1. The van der Waals surface area contributed by atoms with Crippen LogP contribution in [0.25, 0.3) is 0 Å². The number of hydrogen-bond acceptors (Lipinski definition) is 2. The third kappa shape index (κ3) is 6.15. The van der Waals surface area contributed by atoms with Gasteiger partial charge in [-0.3, -0.25) is 4.79 Å².